The molecule has 33 heavy (non-hydrogen) atoms. The molecule has 1 fully saturated rings. The van der Waals surface area contributed by atoms with Crippen molar-refractivity contribution < 1.29 is 18.7 Å². The van der Waals surface area contributed by atoms with E-state index in [0.29, 0.717) is 5.69 Å². The largest absolute Gasteiger partial charge is 0.444 e. The maximum absolute atomic E-state index is 15.4. The molecule has 1 heterocycles. The highest BCUT2D eigenvalue weighted by Gasteiger charge is 2.37. The molecular formula is C25H35ClFN3O3. The third-order valence-corrected chi connectivity index (χ3v) is 4.78. The molecule has 0 radical (unpaired) electrons. The van der Waals surface area contributed by atoms with Gasteiger partial charge in [-0.1, -0.05) is 45.4 Å². The zero-order valence-electron chi connectivity index (χ0n) is 20.8. The van der Waals surface area contributed by atoms with Gasteiger partial charge in [0.05, 0.1) is 28.5 Å². The number of nitrogens with zero attached hydrogens (tertiary/aromatic N) is 2. The fourth-order valence-corrected chi connectivity index (χ4v) is 3.20. The molecule has 8 heteroatoms. The number of ketones is 1. The van der Waals surface area contributed by atoms with Crippen molar-refractivity contribution >= 4 is 23.5 Å². The highest BCUT2D eigenvalue weighted by atomic mass is 35.5. The van der Waals surface area contributed by atoms with E-state index in [1.807, 2.05) is 27.7 Å². The van der Waals surface area contributed by atoms with Crippen LogP contribution in [0.1, 0.15) is 94.7 Å². The average Bonchev–Trinajstić information content (AvgIpc) is 3.60. The molecule has 3 rings (SSSR count). The van der Waals surface area contributed by atoms with Crippen LogP contribution in [0.5, 0.6) is 0 Å². The number of amides is 1. The van der Waals surface area contributed by atoms with Gasteiger partial charge in [-0.15, -0.1) is 0 Å². The summed E-state index contributed by atoms with van der Waals surface area (Å²) < 4.78 is 20.7. The third-order valence-electron chi connectivity index (χ3n) is 4.46. The number of rotatable bonds is 5. The zero-order chi connectivity index (χ0) is 25.3. The van der Waals surface area contributed by atoms with Crippen LogP contribution in [-0.2, 0) is 4.74 Å². The SMILES string of the molecule is CC.CC.Cc1cnc(C(=O)c2c(Cl)ccc(C(NC(=O)OC(C)(C)C)C3CC3)c2F)cn1. The molecule has 182 valence electrons. The Morgan fingerprint density at radius 2 is 1.73 bits per heavy atom. The van der Waals surface area contributed by atoms with Crippen molar-refractivity contribution in [2.75, 3.05) is 0 Å². The first-order chi connectivity index (χ1) is 15.6. The molecule has 1 aromatic heterocycles. The first-order valence-electron chi connectivity index (χ1n) is 11.4. The summed E-state index contributed by atoms with van der Waals surface area (Å²) >= 11 is 6.15. The minimum absolute atomic E-state index is 0.00313. The molecule has 1 unspecified atom stereocenters. The molecule has 1 aliphatic rings. The fraction of sp³-hybridized carbons (Fsp3) is 0.520. The molecule has 0 aliphatic heterocycles. The summed E-state index contributed by atoms with van der Waals surface area (Å²) in [5, 5.41) is 2.72. The molecule has 2 aromatic rings. The first-order valence-corrected chi connectivity index (χ1v) is 11.8. The van der Waals surface area contributed by atoms with Gasteiger partial charge in [-0.05, 0) is 52.5 Å². The van der Waals surface area contributed by atoms with Gasteiger partial charge in [-0.25, -0.2) is 14.2 Å². The Labute approximate surface area is 201 Å². The second-order valence-electron chi connectivity index (χ2n) is 8.16. The van der Waals surface area contributed by atoms with Gasteiger partial charge in [0.25, 0.3) is 0 Å². The Kier molecular flexibility index (Phi) is 10.9. The van der Waals surface area contributed by atoms with Crippen molar-refractivity contribution in [3.8, 4) is 0 Å². The lowest BCUT2D eigenvalue weighted by molar-refractivity contribution is 0.0496. The molecule has 1 aromatic carbocycles. The van der Waals surface area contributed by atoms with Gasteiger partial charge >= 0.3 is 6.09 Å². The lowest BCUT2D eigenvalue weighted by Crippen LogP contribution is -2.36. The van der Waals surface area contributed by atoms with Crippen LogP contribution in [0.2, 0.25) is 5.02 Å². The van der Waals surface area contributed by atoms with Gasteiger partial charge in [0.15, 0.2) is 0 Å². The number of halogens is 2. The van der Waals surface area contributed by atoms with Crippen LogP contribution in [0.4, 0.5) is 9.18 Å². The number of ether oxygens (including phenoxy) is 1. The van der Waals surface area contributed by atoms with Gasteiger partial charge in [0, 0.05) is 11.8 Å². The standard InChI is InChI=1S/C21H23ClFN3O3.2C2H6/c1-11-9-25-15(10-24-11)19(27)16-14(22)8-7-13(17(16)23)18(12-5-6-12)26-20(28)29-21(2,3)4;2*1-2/h7-10,12,18H,5-6H2,1-4H3,(H,26,28);2*1-2H3. The van der Waals surface area contributed by atoms with Crippen molar-refractivity contribution in [3.05, 3.63) is 57.9 Å². The maximum Gasteiger partial charge on any atom is 0.408 e. The second kappa shape index (κ2) is 12.6. The lowest BCUT2D eigenvalue weighted by atomic mass is 9.96. The normalized spacial score (nSPS) is 13.5. The minimum Gasteiger partial charge on any atom is -0.444 e. The average molecular weight is 480 g/mol. The van der Waals surface area contributed by atoms with Crippen LogP contribution in [0.15, 0.2) is 24.5 Å². The van der Waals surface area contributed by atoms with Crippen molar-refractivity contribution in [2.24, 2.45) is 5.92 Å². The summed E-state index contributed by atoms with van der Waals surface area (Å²) in [4.78, 5) is 33.1. The second-order valence-corrected chi connectivity index (χ2v) is 8.57. The van der Waals surface area contributed by atoms with Gasteiger partial charge in [0.1, 0.15) is 17.1 Å². The van der Waals surface area contributed by atoms with E-state index in [1.165, 1.54) is 24.5 Å². The lowest BCUT2D eigenvalue weighted by Gasteiger charge is -2.24. The Morgan fingerprint density at radius 3 is 2.21 bits per heavy atom. The number of hydrogen-bond acceptors (Lipinski definition) is 5. The predicted molar refractivity (Wildman–Crippen MR) is 129 cm³/mol. The van der Waals surface area contributed by atoms with Crippen LogP contribution in [0.3, 0.4) is 0 Å². The molecule has 1 amide bonds. The summed E-state index contributed by atoms with van der Waals surface area (Å²) in [5.41, 5.74) is -0.124. The summed E-state index contributed by atoms with van der Waals surface area (Å²) in [6, 6.07) is 2.34. The van der Waals surface area contributed by atoms with Gasteiger partial charge in [0.2, 0.25) is 5.78 Å². The van der Waals surface area contributed by atoms with Crippen molar-refractivity contribution in [1.82, 2.24) is 15.3 Å². The highest BCUT2D eigenvalue weighted by molar-refractivity contribution is 6.34. The summed E-state index contributed by atoms with van der Waals surface area (Å²) in [6.45, 7) is 15.0. The smallest absolute Gasteiger partial charge is 0.408 e. The molecule has 6 nitrogen and oxygen atoms in total. The van der Waals surface area contributed by atoms with Crippen molar-refractivity contribution in [2.45, 2.75) is 79.9 Å². The van der Waals surface area contributed by atoms with E-state index < -0.39 is 29.3 Å². The van der Waals surface area contributed by atoms with Crippen LogP contribution in [-0.4, -0.2) is 27.4 Å². The number of carbonyl (C=O) groups is 2. The van der Waals surface area contributed by atoms with Crippen LogP contribution >= 0.6 is 11.6 Å². The molecule has 0 saturated heterocycles. The predicted octanol–water partition coefficient (Wildman–Crippen LogP) is 6.84. The summed E-state index contributed by atoms with van der Waals surface area (Å²) in [6.07, 6.45) is 3.77. The van der Waals surface area contributed by atoms with E-state index in [2.05, 4.69) is 15.3 Å². The number of carbonyl (C=O) groups excluding carboxylic acids is 2. The first kappa shape index (κ1) is 28.5. The number of nitrogens with one attached hydrogen (secondary N) is 1. The number of benzene rings is 1. The molecule has 1 N–H and O–H groups in total. The van der Waals surface area contributed by atoms with E-state index >= 15 is 4.39 Å². The van der Waals surface area contributed by atoms with E-state index in [-0.39, 0.29) is 27.8 Å². The fourth-order valence-electron chi connectivity index (χ4n) is 2.97. The van der Waals surface area contributed by atoms with Gasteiger partial charge < -0.3 is 10.1 Å². The number of alkyl carbamates (subject to hydrolysis) is 1. The third kappa shape index (κ3) is 8.07. The number of aryl methyl sites for hydroxylation is 1. The number of hydrogen-bond donors (Lipinski definition) is 1. The van der Waals surface area contributed by atoms with Crippen LogP contribution in [0.25, 0.3) is 0 Å². The Morgan fingerprint density at radius 1 is 1.12 bits per heavy atom. The summed E-state index contributed by atoms with van der Waals surface area (Å²) in [7, 11) is 0. The highest BCUT2D eigenvalue weighted by Crippen LogP contribution is 2.43. The molecule has 1 atom stereocenters. The number of aromatic nitrogens is 2. The summed E-state index contributed by atoms with van der Waals surface area (Å²) in [5.74, 6) is -1.35. The van der Waals surface area contributed by atoms with E-state index in [0.717, 1.165) is 12.8 Å². The van der Waals surface area contributed by atoms with Crippen molar-refractivity contribution in [1.29, 1.82) is 0 Å². The van der Waals surface area contributed by atoms with E-state index in [9.17, 15) is 9.59 Å². The monoisotopic (exact) mass is 479 g/mol. The van der Waals surface area contributed by atoms with Gasteiger partial charge in [-0.3, -0.25) is 9.78 Å². The molecule has 0 bridgehead atoms. The van der Waals surface area contributed by atoms with Crippen molar-refractivity contribution in [3.63, 3.8) is 0 Å². The minimum atomic E-state index is -0.766. The molecule has 1 aliphatic carbocycles. The topological polar surface area (TPSA) is 81.2 Å². The quantitative estimate of drug-likeness (QED) is 0.475. The molecule has 0 spiro atoms. The van der Waals surface area contributed by atoms with E-state index in [1.54, 1.807) is 27.7 Å². The van der Waals surface area contributed by atoms with Crippen LogP contribution in [0, 0.1) is 18.7 Å². The Hall–Kier alpha value is -2.54. The Bertz CT molecular complexity index is 939. The maximum atomic E-state index is 15.4. The molecule has 1 saturated carbocycles. The van der Waals surface area contributed by atoms with E-state index in [4.69, 9.17) is 16.3 Å². The van der Waals surface area contributed by atoms with Gasteiger partial charge in [-0.2, -0.15) is 0 Å². The molecular weight excluding hydrogens is 445 g/mol. The zero-order valence-corrected chi connectivity index (χ0v) is 21.5. The van der Waals surface area contributed by atoms with Crippen LogP contribution < -0.4 is 5.32 Å². The Balaban J connectivity index is 0.00000129.